The second-order valence-corrected chi connectivity index (χ2v) is 9.71. The Balaban J connectivity index is 1.94. The molecule has 2 heterocycles. The highest BCUT2D eigenvalue weighted by Gasteiger charge is 2.54. The van der Waals surface area contributed by atoms with E-state index in [1.165, 1.54) is 0 Å². The van der Waals surface area contributed by atoms with Crippen molar-refractivity contribution in [2.75, 3.05) is 37.1 Å². The molecule has 2 rings (SSSR count). The molecule has 8 N–H and O–H groups in total. The maximum Gasteiger partial charge on any atom is 0.364 e. The lowest BCUT2D eigenvalue weighted by atomic mass is 9.92. The van der Waals surface area contributed by atoms with E-state index < -0.39 is 73.7 Å². The van der Waals surface area contributed by atoms with Crippen molar-refractivity contribution < 1.29 is 54.4 Å². The maximum absolute atomic E-state index is 12.0. The first-order valence-corrected chi connectivity index (χ1v) is 12.5. The van der Waals surface area contributed by atoms with Gasteiger partial charge in [0.1, 0.15) is 30.5 Å². The molecular weight excluding hydrogens is 482 g/mol. The molecule has 0 saturated carbocycles. The zero-order valence-electron chi connectivity index (χ0n) is 18.1. The van der Waals surface area contributed by atoms with Gasteiger partial charge in [-0.25, -0.2) is 4.79 Å². The fourth-order valence-electron chi connectivity index (χ4n) is 3.47. The normalized spacial score (nSPS) is 38.2. The third kappa shape index (κ3) is 7.88. The average Bonchev–Trinajstić information content (AvgIpc) is 2.78. The highest BCUT2D eigenvalue weighted by Crippen LogP contribution is 2.33. The van der Waals surface area contributed by atoms with Crippen molar-refractivity contribution in [3.05, 3.63) is 0 Å². The van der Waals surface area contributed by atoms with Crippen LogP contribution in [-0.4, -0.2) is 128 Å². The Labute approximate surface area is 201 Å². The van der Waals surface area contributed by atoms with Gasteiger partial charge in [-0.1, -0.05) is 0 Å². The first kappa shape index (κ1) is 29.0. The van der Waals surface area contributed by atoms with Gasteiger partial charge >= 0.3 is 5.97 Å². The van der Waals surface area contributed by atoms with Crippen LogP contribution < -0.4 is 5.73 Å². The molecular formula is C19H35NO11S2. The number of nitrogens with two attached hydrogens (primary N) is 1. The molecule has 194 valence electrons. The molecule has 2 aliphatic heterocycles. The molecule has 2 fully saturated rings. The minimum atomic E-state index is -2.26. The average molecular weight is 518 g/mol. The van der Waals surface area contributed by atoms with Crippen LogP contribution in [-0.2, 0) is 23.7 Å². The quantitative estimate of drug-likeness (QED) is 0.0943. The number of thioether (sulfide) groups is 1. The van der Waals surface area contributed by atoms with Crippen LogP contribution in [0.5, 0.6) is 0 Å². The van der Waals surface area contributed by atoms with E-state index in [1.54, 1.807) is 11.8 Å². The Kier molecular flexibility index (Phi) is 12.1. The first-order chi connectivity index (χ1) is 15.6. The van der Waals surface area contributed by atoms with E-state index in [4.69, 9.17) is 24.7 Å². The van der Waals surface area contributed by atoms with Crippen LogP contribution in [0, 0.1) is 0 Å². The van der Waals surface area contributed by atoms with E-state index in [2.05, 4.69) is 12.6 Å². The number of thiol groups is 1. The van der Waals surface area contributed by atoms with Crippen molar-refractivity contribution in [3.8, 4) is 0 Å². The summed E-state index contributed by atoms with van der Waals surface area (Å²) in [6.45, 7) is -0.624. The van der Waals surface area contributed by atoms with Gasteiger partial charge in [-0.05, 0) is 30.1 Å². The van der Waals surface area contributed by atoms with E-state index in [1.807, 2.05) is 0 Å². The molecule has 2 saturated heterocycles. The SMILES string of the molecule is N[C@H]1CO[C@H](OC[C@@H](O)[C@H]2O[C@@](OCCCSCCCS)(C(=O)O)C[C@@H](O)[C@H]2O)[C@H](O)[C@H]1O. The molecule has 12 nitrogen and oxygen atoms in total. The summed E-state index contributed by atoms with van der Waals surface area (Å²) in [5.41, 5.74) is 5.58. The number of carbonyl (C=O) groups is 1. The highest BCUT2D eigenvalue weighted by atomic mass is 32.2. The molecule has 33 heavy (non-hydrogen) atoms. The number of rotatable bonds is 13. The van der Waals surface area contributed by atoms with Crippen molar-refractivity contribution >= 4 is 30.4 Å². The van der Waals surface area contributed by atoms with Gasteiger partial charge in [-0.3, -0.25) is 0 Å². The lowest BCUT2D eigenvalue weighted by Gasteiger charge is -2.44. The van der Waals surface area contributed by atoms with E-state index in [0.717, 1.165) is 23.7 Å². The van der Waals surface area contributed by atoms with Crippen molar-refractivity contribution in [2.45, 2.75) is 74.0 Å². The van der Waals surface area contributed by atoms with Crippen LogP contribution in [0.25, 0.3) is 0 Å². The smallest absolute Gasteiger partial charge is 0.364 e. The van der Waals surface area contributed by atoms with E-state index in [-0.39, 0.29) is 13.2 Å². The minimum Gasteiger partial charge on any atom is -0.477 e. The van der Waals surface area contributed by atoms with Gasteiger partial charge in [-0.15, -0.1) is 0 Å². The fraction of sp³-hybridized carbons (Fsp3) is 0.947. The molecule has 9 atom stereocenters. The summed E-state index contributed by atoms with van der Waals surface area (Å²) in [5.74, 6) is -1.33. The summed E-state index contributed by atoms with van der Waals surface area (Å²) in [6.07, 6.45) is -9.47. The fourth-order valence-corrected chi connectivity index (χ4v) is 4.72. The van der Waals surface area contributed by atoms with Gasteiger partial charge < -0.3 is 55.3 Å². The number of ether oxygens (including phenoxy) is 4. The Bertz CT molecular complexity index is 606. The second-order valence-electron chi connectivity index (χ2n) is 8.04. The van der Waals surface area contributed by atoms with Crippen LogP contribution in [0.15, 0.2) is 0 Å². The molecule has 0 unspecified atom stereocenters. The molecule has 0 aromatic heterocycles. The van der Waals surface area contributed by atoms with Gasteiger partial charge in [0.15, 0.2) is 6.29 Å². The molecule has 0 aromatic rings. The number of carboxylic acids is 1. The standard InChI is InChI=1S/C19H35NO11S2/c20-10-8-28-17(15(25)13(10)23)29-9-12(22)16-14(24)11(21)7-19(31-16,18(26)27)30-3-1-5-33-6-2-4-32/h10-17,21-25,32H,1-9,20H2,(H,26,27)/t10-,11+,12+,13-,14+,15+,16+,17+,19+/m0/s1. The number of hydrogen-bond donors (Lipinski definition) is 8. The summed E-state index contributed by atoms with van der Waals surface area (Å²) < 4.78 is 21.4. The Hall–Kier alpha value is -0.230. The summed E-state index contributed by atoms with van der Waals surface area (Å²) in [4.78, 5) is 12.0. The highest BCUT2D eigenvalue weighted by molar-refractivity contribution is 7.99. The summed E-state index contributed by atoms with van der Waals surface area (Å²) >= 11 is 5.81. The third-order valence-electron chi connectivity index (χ3n) is 5.41. The zero-order valence-corrected chi connectivity index (χ0v) is 19.9. The lowest BCUT2D eigenvalue weighted by molar-refractivity contribution is -0.328. The molecule has 0 spiro atoms. The number of aliphatic hydroxyl groups is 5. The van der Waals surface area contributed by atoms with E-state index in [9.17, 15) is 35.4 Å². The van der Waals surface area contributed by atoms with Crippen LogP contribution in [0.2, 0.25) is 0 Å². The van der Waals surface area contributed by atoms with Crippen molar-refractivity contribution in [3.63, 3.8) is 0 Å². The number of hydrogen-bond acceptors (Lipinski definition) is 13. The molecule has 0 aromatic carbocycles. The Morgan fingerprint density at radius 1 is 1.18 bits per heavy atom. The third-order valence-corrected chi connectivity index (χ3v) is 6.88. The van der Waals surface area contributed by atoms with Crippen LogP contribution in [0.4, 0.5) is 0 Å². The molecule has 0 bridgehead atoms. The van der Waals surface area contributed by atoms with Crippen LogP contribution in [0.1, 0.15) is 19.3 Å². The Morgan fingerprint density at radius 3 is 2.55 bits per heavy atom. The monoisotopic (exact) mass is 517 g/mol. The molecule has 0 aliphatic carbocycles. The zero-order chi connectivity index (χ0) is 24.6. The summed E-state index contributed by atoms with van der Waals surface area (Å²) in [6, 6.07) is -0.807. The summed E-state index contributed by atoms with van der Waals surface area (Å²) in [7, 11) is 0. The van der Waals surface area contributed by atoms with Gasteiger partial charge in [0, 0.05) is 6.42 Å². The second kappa shape index (κ2) is 13.8. The molecule has 0 amide bonds. The van der Waals surface area contributed by atoms with Gasteiger partial charge in [0.25, 0.3) is 5.79 Å². The first-order valence-electron chi connectivity index (χ1n) is 10.8. The minimum absolute atomic E-state index is 0.0303. The topological polar surface area (TPSA) is 201 Å². The van der Waals surface area contributed by atoms with Crippen LogP contribution in [0.3, 0.4) is 0 Å². The largest absolute Gasteiger partial charge is 0.477 e. The predicted octanol–water partition coefficient (Wildman–Crippen LogP) is -2.48. The van der Waals surface area contributed by atoms with Crippen molar-refractivity contribution in [1.29, 1.82) is 0 Å². The lowest BCUT2D eigenvalue weighted by Crippen LogP contribution is -2.63. The maximum atomic E-state index is 12.0. The van der Waals surface area contributed by atoms with Crippen LogP contribution >= 0.6 is 24.4 Å². The predicted molar refractivity (Wildman–Crippen MR) is 120 cm³/mol. The summed E-state index contributed by atoms with van der Waals surface area (Å²) in [5, 5.41) is 60.6. The molecule has 14 heteroatoms. The van der Waals surface area contributed by atoms with E-state index >= 15 is 0 Å². The number of carboxylic acid groups (broad SMARTS) is 1. The number of aliphatic carboxylic acids is 1. The number of aliphatic hydroxyl groups excluding tert-OH is 5. The van der Waals surface area contributed by atoms with Crippen molar-refractivity contribution in [2.24, 2.45) is 5.73 Å². The molecule has 2 aliphatic rings. The Morgan fingerprint density at radius 2 is 1.88 bits per heavy atom. The van der Waals surface area contributed by atoms with Gasteiger partial charge in [-0.2, -0.15) is 24.4 Å². The van der Waals surface area contributed by atoms with Gasteiger partial charge in [0.05, 0.1) is 32.0 Å². The van der Waals surface area contributed by atoms with Crippen molar-refractivity contribution in [1.82, 2.24) is 0 Å². The molecule has 0 radical (unpaired) electrons. The van der Waals surface area contributed by atoms with Gasteiger partial charge in [0.2, 0.25) is 0 Å². The van der Waals surface area contributed by atoms with E-state index in [0.29, 0.717) is 6.42 Å².